The third-order valence-electron chi connectivity index (χ3n) is 3.62. The summed E-state index contributed by atoms with van der Waals surface area (Å²) in [6.07, 6.45) is 2.28. The first-order chi connectivity index (χ1) is 10.4. The van der Waals surface area contributed by atoms with Crippen LogP contribution in [0.4, 0.5) is 11.6 Å². The van der Waals surface area contributed by atoms with Gasteiger partial charge in [0.15, 0.2) is 5.82 Å². The summed E-state index contributed by atoms with van der Waals surface area (Å²) in [4.78, 5) is 0.220. The van der Waals surface area contributed by atoms with Crippen LogP contribution in [0.15, 0.2) is 35.2 Å². The summed E-state index contributed by atoms with van der Waals surface area (Å²) in [5.41, 5.74) is 1.98. The number of nitrogens with zero attached hydrogens (tertiary/aromatic N) is 2. The van der Waals surface area contributed by atoms with Crippen LogP contribution in [0.1, 0.15) is 24.0 Å². The highest BCUT2D eigenvalue weighted by Gasteiger charge is 2.21. The number of aromatic nitrogens is 2. The van der Waals surface area contributed by atoms with Gasteiger partial charge in [0.1, 0.15) is 5.82 Å². The van der Waals surface area contributed by atoms with E-state index >= 15 is 0 Å². The highest BCUT2D eigenvalue weighted by molar-refractivity contribution is 7.92. The fraction of sp³-hybridized carbons (Fsp3) is 0.333. The van der Waals surface area contributed by atoms with Gasteiger partial charge in [0.25, 0.3) is 10.0 Å². The third kappa shape index (κ3) is 3.36. The molecule has 1 aliphatic rings. The molecular formula is C15H18N4O2S. The van der Waals surface area contributed by atoms with Gasteiger partial charge in [0.05, 0.1) is 4.90 Å². The molecule has 1 aromatic heterocycles. The Kier molecular flexibility index (Phi) is 3.74. The van der Waals surface area contributed by atoms with Crippen LogP contribution in [0.5, 0.6) is 0 Å². The molecule has 0 spiro atoms. The van der Waals surface area contributed by atoms with Gasteiger partial charge in [-0.2, -0.15) is 0 Å². The highest BCUT2D eigenvalue weighted by Crippen LogP contribution is 2.24. The molecule has 116 valence electrons. The lowest BCUT2D eigenvalue weighted by molar-refractivity contribution is 0.601. The van der Waals surface area contributed by atoms with E-state index in [-0.39, 0.29) is 10.7 Å². The van der Waals surface area contributed by atoms with E-state index < -0.39 is 10.0 Å². The van der Waals surface area contributed by atoms with Crippen molar-refractivity contribution in [2.45, 2.75) is 37.6 Å². The fourth-order valence-corrected chi connectivity index (χ4v) is 3.06. The quantitative estimate of drug-likeness (QED) is 0.885. The minimum absolute atomic E-state index is 0.208. The number of aryl methyl sites for hydroxylation is 2. The predicted octanol–water partition coefficient (Wildman–Crippen LogP) is 2.47. The Morgan fingerprint density at radius 3 is 2.27 bits per heavy atom. The van der Waals surface area contributed by atoms with Crippen molar-refractivity contribution in [2.24, 2.45) is 0 Å². The van der Waals surface area contributed by atoms with Crippen molar-refractivity contribution in [1.29, 1.82) is 0 Å². The average molecular weight is 318 g/mol. The summed E-state index contributed by atoms with van der Waals surface area (Å²) in [6.45, 7) is 3.82. The van der Waals surface area contributed by atoms with Crippen LogP contribution in [0.3, 0.4) is 0 Å². The lowest BCUT2D eigenvalue weighted by Gasteiger charge is -2.09. The zero-order valence-corrected chi connectivity index (χ0v) is 13.3. The summed E-state index contributed by atoms with van der Waals surface area (Å²) in [6, 6.07) is 8.83. The molecule has 0 radical (unpaired) electrons. The van der Waals surface area contributed by atoms with E-state index in [0.29, 0.717) is 11.9 Å². The van der Waals surface area contributed by atoms with E-state index in [1.54, 1.807) is 30.3 Å². The van der Waals surface area contributed by atoms with Gasteiger partial charge in [-0.15, -0.1) is 10.2 Å². The monoisotopic (exact) mass is 318 g/mol. The SMILES string of the molecule is Cc1ccc(S(=O)(=O)Nc2ccc(NC3CC3)nn2)cc1C. The van der Waals surface area contributed by atoms with E-state index in [1.807, 2.05) is 13.8 Å². The standard InChI is InChI=1S/C15H18N4O2S/c1-10-3-6-13(9-11(10)2)22(20,21)19-15-8-7-14(17-18-15)16-12-4-5-12/h3,6-9,12H,4-5H2,1-2H3,(H,16,17)(H,18,19). The zero-order chi connectivity index (χ0) is 15.7. The molecule has 0 bridgehead atoms. The summed E-state index contributed by atoms with van der Waals surface area (Å²) >= 11 is 0. The largest absolute Gasteiger partial charge is 0.366 e. The first-order valence-electron chi connectivity index (χ1n) is 7.14. The average Bonchev–Trinajstić information content (AvgIpc) is 3.27. The number of hydrogen-bond donors (Lipinski definition) is 2. The molecule has 6 nitrogen and oxygen atoms in total. The van der Waals surface area contributed by atoms with Crippen molar-refractivity contribution in [2.75, 3.05) is 10.0 Å². The predicted molar refractivity (Wildman–Crippen MR) is 85.4 cm³/mol. The van der Waals surface area contributed by atoms with Gasteiger partial charge in [0.2, 0.25) is 0 Å². The number of benzene rings is 1. The molecule has 0 amide bonds. The van der Waals surface area contributed by atoms with E-state index in [1.165, 1.54) is 0 Å². The lowest BCUT2D eigenvalue weighted by atomic mass is 10.1. The van der Waals surface area contributed by atoms with Gasteiger partial charge in [-0.1, -0.05) is 6.07 Å². The minimum Gasteiger partial charge on any atom is -0.366 e. The second-order valence-corrected chi connectivity index (χ2v) is 7.26. The molecule has 7 heteroatoms. The van der Waals surface area contributed by atoms with E-state index in [0.717, 1.165) is 24.0 Å². The molecule has 1 heterocycles. The van der Waals surface area contributed by atoms with Crippen LogP contribution >= 0.6 is 0 Å². The van der Waals surface area contributed by atoms with Crippen LogP contribution in [-0.2, 0) is 10.0 Å². The summed E-state index contributed by atoms with van der Waals surface area (Å²) in [5, 5.41) is 11.1. The molecule has 1 aliphatic carbocycles. The van der Waals surface area contributed by atoms with E-state index in [4.69, 9.17) is 0 Å². The normalized spacial score (nSPS) is 14.6. The molecule has 1 fully saturated rings. The van der Waals surface area contributed by atoms with Gasteiger partial charge in [-0.25, -0.2) is 8.42 Å². The molecule has 3 rings (SSSR count). The second kappa shape index (κ2) is 5.57. The second-order valence-electron chi connectivity index (χ2n) is 5.57. The topological polar surface area (TPSA) is 84.0 Å². The maximum Gasteiger partial charge on any atom is 0.263 e. The van der Waals surface area contributed by atoms with E-state index in [2.05, 4.69) is 20.2 Å². The summed E-state index contributed by atoms with van der Waals surface area (Å²) in [5.74, 6) is 0.871. The summed E-state index contributed by atoms with van der Waals surface area (Å²) < 4.78 is 27.1. The van der Waals surface area contributed by atoms with Gasteiger partial charge in [-0.05, 0) is 62.1 Å². The van der Waals surface area contributed by atoms with Gasteiger partial charge >= 0.3 is 0 Å². The van der Waals surface area contributed by atoms with Crippen molar-refractivity contribution >= 4 is 21.7 Å². The Morgan fingerprint density at radius 2 is 1.68 bits per heavy atom. The Balaban J connectivity index is 1.76. The molecule has 2 N–H and O–H groups in total. The first-order valence-corrected chi connectivity index (χ1v) is 8.63. The van der Waals surface area contributed by atoms with E-state index in [9.17, 15) is 8.42 Å². The van der Waals surface area contributed by atoms with Crippen LogP contribution in [0.2, 0.25) is 0 Å². The van der Waals surface area contributed by atoms with Gasteiger partial charge in [-0.3, -0.25) is 4.72 Å². The number of hydrogen-bond acceptors (Lipinski definition) is 5. The molecule has 0 saturated heterocycles. The maximum absolute atomic E-state index is 12.3. The molecule has 1 saturated carbocycles. The zero-order valence-electron chi connectivity index (χ0n) is 12.5. The Morgan fingerprint density at radius 1 is 1.00 bits per heavy atom. The molecule has 0 atom stereocenters. The van der Waals surface area contributed by atoms with Crippen LogP contribution in [0.25, 0.3) is 0 Å². The van der Waals surface area contributed by atoms with Crippen LogP contribution in [0, 0.1) is 13.8 Å². The maximum atomic E-state index is 12.3. The van der Waals surface area contributed by atoms with Crippen LogP contribution in [-0.4, -0.2) is 24.7 Å². The minimum atomic E-state index is -3.65. The molecular weight excluding hydrogens is 300 g/mol. The molecule has 1 aromatic carbocycles. The van der Waals surface area contributed by atoms with Crippen molar-refractivity contribution in [3.05, 3.63) is 41.5 Å². The first kappa shape index (κ1) is 14.8. The molecule has 0 unspecified atom stereocenters. The van der Waals surface area contributed by atoms with Crippen molar-refractivity contribution in [3.8, 4) is 0 Å². The van der Waals surface area contributed by atoms with Crippen molar-refractivity contribution in [3.63, 3.8) is 0 Å². The Hall–Kier alpha value is -2.15. The van der Waals surface area contributed by atoms with Crippen LogP contribution < -0.4 is 10.0 Å². The smallest absolute Gasteiger partial charge is 0.263 e. The Bertz CT molecular complexity index is 784. The molecule has 0 aliphatic heterocycles. The molecule has 22 heavy (non-hydrogen) atoms. The number of sulfonamides is 1. The highest BCUT2D eigenvalue weighted by atomic mass is 32.2. The van der Waals surface area contributed by atoms with Crippen molar-refractivity contribution in [1.82, 2.24) is 10.2 Å². The number of anilines is 2. The van der Waals surface area contributed by atoms with Gasteiger partial charge < -0.3 is 5.32 Å². The van der Waals surface area contributed by atoms with Crippen molar-refractivity contribution < 1.29 is 8.42 Å². The number of nitrogens with one attached hydrogen (secondary N) is 2. The third-order valence-corrected chi connectivity index (χ3v) is 4.97. The lowest BCUT2D eigenvalue weighted by Crippen LogP contribution is -2.15. The summed E-state index contributed by atoms with van der Waals surface area (Å²) in [7, 11) is -3.65. The Labute approximate surface area is 130 Å². The fourth-order valence-electron chi connectivity index (χ4n) is 1.98. The van der Waals surface area contributed by atoms with Gasteiger partial charge in [0, 0.05) is 6.04 Å². The number of rotatable bonds is 5. The molecule has 2 aromatic rings.